The van der Waals surface area contributed by atoms with E-state index in [9.17, 15) is 0 Å². The summed E-state index contributed by atoms with van der Waals surface area (Å²) in [5, 5.41) is 0. The zero-order chi connectivity index (χ0) is 16.0. The predicted octanol–water partition coefficient (Wildman–Crippen LogP) is 3.80. The Hall–Kier alpha value is -2.16. The minimum atomic E-state index is 1.01. The van der Waals surface area contributed by atoms with E-state index in [1.165, 1.54) is 39.4 Å². The van der Waals surface area contributed by atoms with Crippen molar-refractivity contribution in [1.82, 2.24) is 0 Å². The van der Waals surface area contributed by atoms with Crippen LogP contribution in [0.15, 0.2) is 30.3 Å². The zero-order valence-electron chi connectivity index (χ0n) is 14.4. The molecule has 1 aliphatic rings. The average Bonchev–Trinajstić information content (AvgIpc) is 2.46. The largest absolute Gasteiger partial charge is 0.378 e. The van der Waals surface area contributed by atoms with E-state index in [0.29, 0.717) is 0 Å². The maximum absolute atomic E-state index is 2.34. The highest BCUT2D eigenvalue weighted by Crippen LogP contribution is 2.41. The highest BCUT2D eigenvalue weighted by Gasteiger charge is 2.22. The lowest BCUT2D eigenvalue weighted by Gasteiger charge is -2.33. The molecule has 0 saturated carbocycles. The first-order valence-electron chi connectivity index (χ1n) is 7.73. The number of benzene rings is 2. The molecule has 0 aromatic heterocycles. The molecule has 0 spiro atoms. The highest BCUT2D eigenvalue weighted by molar-refractivity contribution is 5.79. The summed E-state index contributed by atoms with van der Waals surface area (Å²) >= 11 is 0. The summed E-state index contributed by atoms with van der Waals surface area (Å²) in [6, 6.07) is 11.4. The number of aryl methyl sites for hydroxylation is 1. The first kappa shape index (κ1) is 14.8. The summed E-state index contributed by atoms with van der Waals surface area (Å²) < 4.78 is 0. The Morgan fingerprint density at radius 3 is 2.18 bits per heavy atom. The summed E-state index contributed by atoms with van der Waals surface area (Å²) in [7, 11) is 10.6. The SMILES string of the molecule is Cc1cc2c(cc1N(C)C)N(C)c1cc(N(C)C)ccc1C2. The van der Waals surface area contributed by atoms with Gasteiger partial charge >= 0.3 is 0 Å². The predicted molar refractivity (Wildman–Crippen MR) is 97.1 cm³/mol. The molecule has 0 N–H and O–H groups in total. The third-order valence-electron chi connectivity index (χ3n) is 4.57. The summed E-state index contributed by atoms with van der Waals surface area (Å²) in [6.07, 6.45) is 1.01. The number of hydrogen-bond donors (Lipinski definition) is 0. The molecule has 0 radical (unpaired) electrons. The van der Waals surface area contributed by atoms with Crippen molar-refractivity contribution in [3.63, 3.8) is 0 Å². The number of anilines is 4. The fourth-order valence-electron chi connectivity index (χ4n) is 3.31. The van der Waals surface area contributed by atoms with Crippen molar-refractivity contribution in [3.05, 3.63) is 47.0 Å². The molecule has 1 heterocycles. The molecule has 0 fully saturated rings. The Kier molecular flexibility index (Phi) is 3.51. The second-order valence-electron chi connectivity index (χ2n) is 6.61. The number of nitrogens with zero attached hydrogens (tertiary/aromatic N) is 3. The van der Waals surface area contributed by atoms with E-state index < -0.39 is 0 Å². The van der Waals surface area contributed by atoms with E-state index in [-0.39, 0.29) is 0 Å². The molecule has 0 bridgehead atoms. The molecular weight excluding hydrogens is 270 g/mol. The maximum Gasteiger partial charge on any atom is 0.0465 e. The second-order valence-corrected chi connectivity index (χ2v) is 6.61. The van der Waals surface area contributed by atoms with Crippen LogP contribution in [-0.4, -0.2) is 35.2 Å². The minimum Gasteiger partial charge on any atom is -0.378 e. The van der Waals surface area contributed by atoms with Crippen LogP contribution in [0.1, 0.15) is 16.7 Å². The maximum atomic E-state index is 2.34. The Morgan fingerprint density at radius 1 is 0.864 bits per heavy atom. The van der Waals surface area contributed by atoms with Gasteiger partial charge in [-0.25, -0.2) is 0 Å². The second kappa shape index (κ2) is 5.24. The van der Waals surface area contributed by atoms with Crippen molar-refractivity contribution < 1.29 is 0 Å². The van der Waals surface area contributed by atoms with Gasteiger partial charge in [-0.3, -0.25) is 0 Å². The summed E-state index contributed by atoms with van der Waals surface area (Å²) in [5.41, 5.74) is 9.32. The standard InChI is InChI=1S/C19H25N3/c1-13-9-15-10-14-7-8-16(20(2)3)11-18(14)22(6)19(15)12-17(13)21(4)5/h7-9,11-12H,10H2,1-6H3. The van der Waals surface area contributed by atoms with Crippen LogP contribution >= 0.6 is 0 Å². The molecule has 2 aromatic carbocycles. The van der Waals surface area contributed by atoms with Crippen LogP contribution < -0.4 is 14.7 Å². The van der Waals surface area contributed by atoms with Gasteiger partial charge in [0.2, 0.25) is 0 Å². The van der Waals surface area contributed by atoms with Gasteiger partial charge in [-0.1, -0.05) is 12.1 Å². The van der Waals surface area contributed by atoms with E-state index >= 15 is 0 Å². The van der Waals surface area contributed by atoms with Gasteiger partial charge in [0.15, 0.2) is 0 Å². The van der Waals surface area contributed by atoms with Crippen molar-refractivity contribution >= 4 is 22.7 Å². The lowest BCUT2D eigenvalue weighted by atomic mass is 9.93. The smallest absolute Gasteiger partial charge is 0.0465 e. The summed E-state index contributed by atoms with van der Waals surface area (Å²) in [4.78, 5) is 6.67. The van der Waals surface area contributed by atoms with Gasteiger partial charge < -0.3 is 14.7 Å². The van der Waals surface area contributed by atoms with Crippen molar-refractivity contribution in [2.24, 2.45) is 0 Å². The highest BCUT2D eigenvalue weighted by atomic mass is 15.1. The fourth-order valence-corrected chi connectivity index (χ4v) is 3.31. The van der Waals surface area contributed by atoms with Gasteiger partial charge in [-0.15, -0.1) is 0 Å². The van der Waals surface area contributed by atoms with Crippen molar-refractivity contribution in [1.29, 1.82) is 0 Å². The summed E-state index contributed by atoms with van der Waals surface area (Å²) in [6.45, 7) is 2.19. The van der Waals surface area contributed by atoms with Gasteiger partial charge in [-0.2, -0.15) is 0 Å². The van der Waals surface area contributed by atoms with Crippen molar-refractivity contribution in [3.8, 4) is 0 Å². The molecular formula is C19H25N3. The summed E-state index contributed by atoms with van der Waals surface area (Å²) in [5.74, 6) is 0. The van der Waals surface area contributed by atoms with Crippen molar-refractivity contribution in [2.45, 2.75) is 13.3 Å². The van der Waals surface area contributed by atoms with Gasteiger partial charge in [-0.05, 0) is 41.8 Å². The third kappa shape index (κ3) is 2.31. The number of rotatable bonds is 2. The lowest BCUT2D eigenvalue weighted by Crippen LogP contribution is -2.21. The molecule has 0 saturated heterocycles. The Labute approximate surface area is 133 Å². The normalized spacial score (nSPS) is 12.7. The van der Waals surface area contributed by atoms with E-state index in [1.807, 2.05) is 0 Å². The molecule has 0 amide bonds. The third-order valence-corrected chi connectivity index (χ3v) is 4.57. The lowest BCUT2D eigenvalue weighted by molar-refractivity contribution is 1.03. The van der Waals surface area contributed by atoms with Crippen LogP contribution in [0.3, 0.4) is 0 Å². The Bertz CT molecular complexity index is 717. The number of hydrogen-bond acceptors (Lipinski definition) is 3. The molecule has 0 unspecified atom stereocenters. The van der Waals surface area contributed by atoms with Gasteiger partial charge in [0, 0.05) is 64.4 Å². The Morgan fingerprint density at radius 2 is 1.55 bits per heavy atom. The molecule has 116 valence electrons. The van der Waals surface area contributed by atoms with Gasteiger partial charge in [0.1, 0.15) is 0 Å². The molecule has 3 heteroatoms. The van der Waals surface area contributed by atoms with E-state index in [1.54, 1.807) is 0 Å². The molecule has 2 aromatic rings. The first-order valence-corrected chi connectivity index (χ1v) is 7.73. The van der Waals surface area contributed by atoms with Crippen LogP contribution in [-0.2, 0) is 6.42 Å². The molecule has 22 heavy (non-hydrogen) atoms. The average molecular weight is 295 g/mol. The minimum absolute atomic E-state index is 1.01. The molecule has 3 nitrogen and oxygen atoms in total. The van der Waals surface area contributed by atoms with E-state index in [0.717, 1.165) is 6.42 Å². The quantitative estimate of drug-likeness (QED) is 0.834. The van der Waals surface area contributed by atoms with Crippen molar-refractivity contribution in [2.75, 3.05) is 49.9 Å². The van der Waals surface area contributed by atoms with Crippen LogP contribution in [0.5, 0.6) is 0 Å². The van der Waals surface area contributed by atoms with E-state index in [4.69, 9.17) is 0 Å². The van der Waals surface area contributed by atoms with Gasteiger partial charge in [0.05, 0.1) is 0 Å². The topological polar surface area (TPSA) is 9.72 Å². The first-order chi connectivity index (χ1) is 10.4. The molecule has 3 rings (SSSR count). The molecule has 0 aliphatic carbocycles. The molecule has 0 atom stereocenters. The zero-order valence-corrected chi connectivity index (χ0v) is 14.4. The fraction of sp³-hybridized carbons (Fsp3) is 0.368. The molecule has 1 aliphatic heterocycles. The van der Waals surface area contributed by atoms with E-state index in [2.05, 4.69) is 87.2 Å². The van der Waals surface area contributed by atoms with Crippen LogP contribution in [0.4, 0.5) is 22.7 Å². The van der Waals surface area contributed by atoms with Gasteiger partial charge in [0.25, 0.3) is 0 Å². The van der Waals surface area contributed by atoms with Crippen LogP contribution in [0, 0.1) is 6.92 Å². The van der Waals surface area contributed by atoms with Crippen LogP contribution in [0.2, 0.25) is 0 Å². The Balaban J connectivity index is 2.11. The monoisotopic (exact) mass is 295 g/mol. The number of fused-ring (bicyclic) bond motifs is 2. The van der Waals surface area contributed by atoms with Crippen LogP contribution in [0.25, 0.3) is 0 Å².